The summed E-state index contributed by atoms with van der Waals surface area (Å²) in [6, 6.07) is 3.85. The van der Waals surface area contributed by atoms with Gasteiger partial charge in [0.25, 0.3) is 5.91 Å². The molecular weight excluding hydrogens is 276 g/mol. The van der Waals surface area contributed by atoms with E-state index in [1.807, 2.05) is 24.8 Å². The Hall–Kier alpha value is -1.13. The van der Waals surface area contributed by atoms with Gasteiger partial charge >= 0.3 is 0 Å². The molecule has 20 heavy (non-hydrogen) atoms. The van der Waals surface area contributed by atoms with Gasteiger partial charge in [0.05, 0.1) is 6.61 Å². The molecule has 4 nitrogen and oxygen atoms in total. The summed E-state index contributed by atoms with van der Waals surface area (Å²) in [6.07, 6.45) is 2.15. The number of hydrogen-bond acceptors (Lipinski definition) is 3. The Bertz CT molecular complexity index is 487. The van der Waals surface area contributed by atoms with Crippen LogP contribution in [-0.2, 0) is 4.74 Å². The maximum Gasteiger partial charge on any atom is 0.254 e. The van der Waals surface area contributed by atoms with Gasteiger partial charge in [0.1, 0.15) is 5.15 Å². The minimum Gasteiger partial charge on any atom is -0.383 e. The van der Waals surface area contributed by atoms with E-state index in [2.05, 4.69) is 4.98 Å². The molecule has 1 heterocycles. The number of methoxy groups -OCH3 is 1. The van der Waals surface area contributed by atoms with Crippen LogP contribution in [0.5, 0.6) is 0 Å². The summed E-state index contributed by atoms with van der Waals surface area (Å²) in [6.45, 7) is 5.25. The molecule has 1 aromatic heterocycles. The number of amides is 1. The normalized spacial score (nSPS) is 14.7. The minimum atomic E-state index is 0.0238. The van der Waals surface area contributed by atoms with Crippen LogP contribution in [0.2, 0.25) is 5.15 Å². The average molecular weight is 297 g/mol. The molecule has 0 atom stereocenters. The van der Waals surface area contributed by atoms with Crippen LogP contribution in [0, 0.1) is 0 Å². The Labute approximate surface area is 125 Å². The molecule has 0 N–H and O–H groups in total. The Kier molecular flexibility index (Phi) is 5.00. The molecule has 0 unspecified atom stereocenters. The molecule has 2 rings (SSSR count). The van der Waals surface area contributed by atoms with Gasteiger partial charge in [-0.2, -0.15) is 0 Å². The molecule has 1 aliphatic rings. The van der Waals surface area contributed by atoms with Crippen molar-refractivity contribution < 1.29 is 9.53 Å². The van der Waals surface area contributed by atoms with Crippen molar-refractivity contribution in [2.45, 2.75) is 38.6 Å². The van der Waals surface area contributed by atoms with Crippen molar-refractivity contribution in [3.63, 3.8) is 0 Å². The fraction of sp³-hybridized carbons (Fsp3) is 0.600. The van der Waals surface area contributed by atoms with Crippen LogP contribution in [0.3, 0.4) is 0 Å². The zero-order valence-electron chi connectivity index (χ0n) is 12.2. The minimum absolute atomic E-state index is 0.0238. The maximum absolute atomic E-state index is 12.6. The molecule has 110 valence electrons. The predicted molar refractivity (Wildman–Crippen MR) is 79.3 cm³/mol. The molecule has 0 radical (unpaired) electrons. The zero-order chi connectivity index (χ0) is 14.7. The first-order valence-corrected chi connectivity index (χ1v) is 7.38. The summed E-state index contributed by atoms with van der Waals surface area (Å²) >= 11 is 6.04. The van der Waals surface area contributed by atoms with Gasteiger partial charge in [-0.15, -0.1) is 0 Å². The lowest BCUT2D eigenvalue weighted by atomic mass is 10.1. The monoisotopic (exact) mass is 296 g/mol. The Balaban J connectivity index is 2.21. The first kappa shape index (κ1) is 15.3. The van der Waals surface area contributed by atoms with E-state index in [0.29, 0.717) is 29.9 Å². The van der Waals surface area contributed by atoms with E-state index in [1.165, 1.54) is 0 Å². The summed E-state index contributed by atoms with van der Waals surface area (Å²) in [5, 5.41) is 0.377. The number of nitrogens with zero attached hydrogens (tertiary/aromatic N) is 2. The standard InChI is InChI=1S/C15H21ClN2O2/c1-10(2)13-8-11(9-14(16)17-13)15(19)18(6-7-20-3)12-4-5-12/h8-10,12H,4-7H2,1-3H3. The van der Waals surface area contributed by atoms with E-state index in [-0.39, 0.29) is 11.8 Å². The molecule has 0 aromatic carbocycles. The van der Waals surface area contributed by atoms with Crippen molar-refractivity contribution in [1.82, 2.24) is 9.88 Å². The van der Waals surface area contributed by atoms with Gasteiger partial charge in [-0.05, 0) is 30.9 Å². The van der Waals surface area contributed by atoms with Crippen LogP contribution in [0.4, 0.5) is 0 Å². The molecular formula is C15H21ClN2O2. The van der Waals surface area contributed by atoms with Crippen LogP contribution in [-0.4, -0.2) is 42.1 Å². The highest BCUT2D eigenvalue weighted by Crippen LogP contribution is 2.29. The Morgan fingerprint density at radius 2 is 2.20 bits per heavy atom. The highest BCUT2D eigenvalue weighted by molar-refractivity contribution is 6.29. The third kappa shape index (κ3) is 3.70. The van der Waals surface area contributed by atoms with Crippen LogP contribution in [0.1, 0.15) is 48.7 Å². The molecule has 0 spiro atoms. The van der Waals surface area contributed by atoms with Crippen LogP contribution in [0.15, 0.2) is 12.1 Å². The van der Waals surface area contributed by atoms with E-state index in [4.69, 9.17) is 16.3 Å². The zero-order valence-corrected chi connectivity index (χ0v) is 13.0. The van der Waals surface area contributed by atoms with E-state index >= 15 is 0 Å². The first-order valence-electron chi connectivity index (χ1n) is 7.00. The Morgan fingerprint density at radius 3 is 2.75 bits per heavy atom. The highest BCUT2D eigenvalue weighted by Gasteiger charge is 2.33. The molecule has 1 aromatic rings. The Morgan fingerprint density at radius 1 is 1.50 bits per heavy atom. The first-order chi connectivity index (χ1) is 9.52. The topological polar surface area (TPSA) is 42.4 Å². The fourth-order valence-electron chi connectivity index (χ4n) is 2.13. The van der Waals surface area contributed by atoms with E-state index in [0.717, 1.165) is 18.5 Å². The smallest absolute Gasteiger partial charge is 0.254 e. The second kappa shape index (κ2) is 6.55. The molecule has 0 aliphatic heterocycles. The summed E-state index contributed by atoms with van der Waals surface area (Å²) in [5.41, 5.74) is 1.47. The second-order valence-corrected chi connectivity index (χ2v) is 5.87. The lowest BCUT2D eigenvalue weighted by Gasteiger charge is -2.22. The molecule has 1 fully saturated rings. The van der Waals surface area contributed by atoms with E-state index < -0.39 is 0 Å². The van der Waals surface area contributed by atoms with Crippen molar-refractivity contribution in [3.05, 3.63) is 28.5 Å². The van der Waals surface area contributed by atoms with Gasteiger partial charge in [0.2, 0.25) is 0 Å². The third-order valence-corrected chi connectivity index (χ3v) is 3.63. The summed E-state index contributed by atoms with van der Waals surface area (Å²) < 4.78 is 5.09. The molecule has 1 aliphatic carbocycles. The molecule has 1 amide bonds. The van der Waals surface area contributed by atoms with Crippen molar-refractivity contribution in [2.24, 2.45) is 0 Å². The lowest BCUT2D eigenvalue weighted by molar-refractivity contribution is 0.0680. The average Bonchev–Trinajstić information content (AvgIpc) is 3.22. The second-order valence-electron chi connectivity index (χ2n) is 5.48. The van der Waals surface area contributed by atoms with Gasteiger partial charge in [-0.1, -0.05) is 25.4 Å². The van der Waals surface area contributed by atoms with Crippen molar-refractivity contribution in [2.75, 3.05) is 20.3 Å². The van der Waals surface area contributed by atoms with Gasteiger partial charge in [-0.3, -0.25) is 4.79 Å². The van der Waals surface area contributed by atoms with Crippen LogP contribution >= 0.6 is 11.6 Å². The number of ether oxygens (including phenoxy) is 1. The summed E-state index contributed by atoms with van der Waals surface area (Å²) in [4.78, 5) is 18.8. The predicted octanol–water partition coefficient (Wildman–Crippen LogP) is 3.11. The van der Waals surface area contributed by atoms with Crippen LogP contribution in [0.25, 0.3) is 0 Å². The number of hydrogen-bond donors (Lipinski definition) is 0. The fourth-order valence-corrected chi connectivity index (χ4v) is 2.34. The summed E-state index contributed by atoms with van der Waals surface area (Å²) in [7, 11) is 1.65. The van der Waals surface area contributed by atoms with Crippen LogP contribution < -0.4 is 0 Å². The molecule has 0 saturated heterocycles. The number of carbonyl (C=O) groups is 1. The largest absolute Gasteiger partial charge is 0.383 e. The number of pyridine rings is 1. The lowest BCUT2D eigenvalue weighted by Crippen LogP contribution is -2.36. The molecule has 0 bridgehead atoms. The summed E-state index contributed by atoms with van der Waals surface area (Å²) in [5.74, 6) is 0.268. The van der Waals surface area contributed by atoms with E-state index in [9.17, 15) is 4.79 Å². The SMILES string of the molecule is COCCN(C(=O)c1cc(Cl)nc(C(C)C)c1)C1CC1. The molecule has 1 saturated carbocycles. The number of aromatic nitrogens is 1. The van der Waals surface area contributed by atoms with Crippen molar-refractivity contribution in [3.8, 4) is 0 Å². The van der Waals surface area contributed by atoms with Crippen molar-refractivity contribution >= 4 is 17.5 Å². The van der Waals surface area contributed by atoms with Gasteiger partial charge < -0.3 is 9.64 Å². The number of carbonyl (C=O) groups excluding carboxylic acids is 1. The quantitative estimate of drug-likeness (QED) is 0.758. The van der Waals surface area contributed by atoms with Gasteiger partial charge in [0, 0.05) is 31.0 Å². The van der Waals surface area contributed by atoms with E-state index in [1.54, 1.807) is 13.2 Å². The van der Waals surface area contributed by atoms with Gasteiger partial charge in [-0.25, -0.2) is 4.98 Å². The maximum atomic E-state index is 12.6. The van der Waals surface area contributed by atoms with Gasteiger partial charge in [0.15, 0.2) is 0 Å². The van der Waals surface area contributed by atoms with Crippen molar-refractivity contribution in [1.29, 1.82) is 0 Å². The molecule has 5 heteroatoms. The third-order valence-electron chi connectivity index (χ3n) is 3.44. The highest BCUT2D eigenvalue weighted by atomic mass is 35.5. The number of halogens is 1. The number of rotatable bonds is 6.